The van der Waals surface area contributed by atoms with Gasteiger partial charge in [-0.3, -0.25) is 4.79 Å². The Morgan fingerprint density at radius 3 is 2.43 bits per heavy atom. The van der Waals surface area contributed by atoms with Gasteiger partial charge in [0.25, 0.3) is 0 Å². The van der Waals surface area contributed by atoms with Crippen LogP contribution in [0.25, 0.3) is 0 Å². The molecule has 6 nitrogen and oxygen atoms in total. The number of Topliss-reactive ketones (excluding diaryl/α,β-unsaturated/α-hetero) is 1. The van der Waals surface area contributed by atoms with Gasteiger partial charge in [-0.1, -0.05) is 12.1 Å². The molecule has 1 fully saturated rings. The highest BCUT2D eigenvalue weighted by Gasteiger charge is 2.45. The summed E-state index contributed by atoms with van der Waals surface area (Å²) in [5, 5.41) is 9.33. The number of likely N-dealkylation sites (N-methyl/N-ethyl adjacent to an activating group) is 1. The Bertz CT molecular complexity index is 683. The van der Waals surface area contributed by atoms with E-state index in [1.54, 1.807) is 0 Å². The minimum Gasteiger partial charge on any atom is -0.378 e. The maximum Gasteiger partial charge on any atom is 0.244 e. The number of sulfonamides is 1. The van der Waals surface area contributed by atoms with Crippen LogP contribution in [0.15, 0.2) is 29.2 Å². The molecule has 112 valence electrons. The van der Waals surface area contributed by atoms with Gasteiger partial charge in [0, 0.05) is 25.6 Å². The lowest BCUT2D eigenvalue weighted by Crippen LogP contribution is -2.49. The van der Waals surface area contributed by atoms with Gasteiger partial charge in [0.05, 0.1) is 17.6 Å². The van der Waals surface area contributed by atoms with Crippen LogP contribution in [0, 0.1) is 11.3 Å². The van der Waals surface area contributed by atoms with Gasteiger partial charge in [0.15, 0.2) is 5.78 Å². The first-order valence-electron chi connectivity index (χ1n) is 6.42. The third-order valence-corrected chi connectivity index (χ3v) is 5.67. The van der Waals surface area contributed by atoms with Crippen molar-refractivity contribution in [3.63, 3.8) is 0 Å². The van der Waals surface area contributed by atoms with Crippen molar-refractivity contribution in [3.05, 3.63) is 29.8 Å². The highest BCUT2D eigenvalue weighted by Crippen LogP contribution is 2.29. The molecule has 0 unspecified atom stereocenters. The Kier molecular flexibility index (Phi) is 4.14. The van der Waals surface area contributed by atoms with Crippen molar-refractivity contribution in [1.82, 2.24) is 4.31 Å². The van der Waals surface area contributed by atoms with Crippen LogP contribution < -0.4 is 0 Å². The van der Waals surface area contributed by atoms with Gasteiger partial charge in [-0.25, -0.2) is 8.42 Å². The molecule has 0 saturated carbocycles. The quantitative estimate of drug-likeness (QED) is 0.780. The number of ketones is 1. The topological polar surface area (TPSA) is 87.5 Å². The molecule has 0 aliphatic carbocycles. The van der Waals surface area contributed by atoms with Gasteiger partial charge >= 0.3 is 0 Å². The van der Waals surface area contributed by atoms with Crippen LogP contribution in [0.4, 0.5) is 0 Å². The van der Waals surface area contributed by atoms with Gasteiger partial charge in [0.1, 0.15) is 5.54 Å². The summed E-state index contributed by atoms with van der Waals surface area (Å²) in [4.78, 5) is 11.3. The summed E-state index contributed by atoms with van der Waals surface area (Å²) in [6.45, 7) is 1.83. The van der Waals surface area contributed by atoms with Crippen LogP contribution in [0.2, 0.25) is 0 Å². The molecule has 1 heterocycles. The highest BCUT2D eigenvalue weighted by atomic mass is 32.2. The molecule has 0 spiro atoms. The molecule has 0 N–H and O–H groups in total. The Morgan fingerprint density at radius 2 is 2.00 bits per heavy atom. The van der Waals surface area contributed by atoms with Crippen molar-refractivity contribution in [3.8, 4) is 6.07 Å². The van der Waals surface area contributed by atoms with Crippen LogP contribution >= 0.6 is 0 Å². The number of nitriles is 1. The molecule has 7 heteroatoms. The third-order valence-electron chi connectivity index (χ3n) is 3.73. The number of nitrogens with zero attached hydrogens (tertiary/aromatic N) is 2. The van der Waals surface area contributed by atoms with Crippen LogP contribution in [-0.2, 0) is 14.8 Å². The number of hydrogen-bond acceptors (Lipinski definition) is 5. The highest BCUT2D eigenvalue weighted by molar-refractivity contribution is 7.89. The predicted octanol–water partition coefficient (Wildman–Crippen LogP) is 1.19. The van der Waals surface area contributed by atoms with Crippen LogP contribution in [0.5, 0.6) is 0 Å². The van der Waals surface area contributed by atoms with Gasteiger partial charge in [-0.15, -0.1) is 0 Å². The van der Waals surface area contributed by atoms with Crippen molar-refractivity contribution in [2.45, 2.75) is 23.8 Å². The molecule has 2 rings (SSSR count). The van der Waals surface area contributed by atoms with E-state index >= 15 is 0 Å². The van der Waals surface area contributed by atoms with Crippen molar-refractivity contribution < 1.29 is 17.9 Å². The molecule has 1 aromatic carbocycles. The zero-order valence-electron chi connectivity index (χ0n) is 11.9. The largest absolute Gasteiger partial charge is 0.378 e. The molecule has 21 heavy (non-hydrogen) atoms. The molecule has 1 aliphatic rings. The summed E-state index contributed by atoms with van der Waals surface area (Å²) in [5.41, 5.74) is -0.728. The second kappa shape index (κ2) is 5.56. The van der Waals surface area contributed by atoms with E-state index in [9.17, 15) is 18.5 Å². The number of rotatable bonds is 4. The molecular formula is C14H16N2O4S. The van der Waals surface area contributed by atoms with Crippen LogP contribution in [0.3, 0.4) is 0 Å². The maximum atomic E-state index is 12.6. The number of carbonyl (C=O) groups is 1. The average molecular weight is 308 g/mol. The van der Waals surface area contributed by atoms with Crippen molar-refractivity contribution in [2.24, 2.45) is 0 Å². The summed E-state index contributed by atoms with van der Waals surface area (Å²) < 4.78 is 31.4. The molecule has 0 amide bonds. The van der Waals surface area contributed by atoms with E-state index in [4.69, 9.17) is 4.74 Å². The lowest BCUT2D eigenvalue weighted by molar-refractivity contribution is 0.101. The van der Waals surface area contributed by atoms with E-state index in [2.05, 4.69) is 6.07 Å². The zero-order chi connectivity index (χ0) is 15.7. The third kappa shape index (κ3) is 2.70. The van der Waals surface area contributed by atoms with Gasteiger partial charge < -0.3 is 4.74 Å². The number of benzene rings is 1. The SMILES string of the molecule is CC(=O)c1ccc(S(=O)(=O)N(C)[C@@]2(C#N)CCOC2)cc1. The summed E-state index contributed by atoms with van der Waals surface area (Å²) >= 11 is 0. The van der Waals surface area contributed by atoms with E-state index in [-0.39, 0.29) is 17.3 Å². The van der Waals surface area contributed by atoms with Crippen LogP contribution in [0.1, 0.15) is 23.7 Å². The summed E-state index contributed by atoms with van der Waals surface area (Å²) in [6, 6.07) is 7.74. The van der Waals surface area contributed by atoms with E-state index < -0.39 is 15.6 Å². The van der Waals surface area contributed by atoms with Crippen LogP contribution in [-0.4, -0.2) is 44.3 Å². The minimum absolute atomic E-state index is 0.0523. The van der Waals surface area contributed by atoms with E-state index in [0.29, 0.717) is 18.6 Å². The van der Waals surface area contributed by atoms with E-state index in [1.165, 1.54) is 38.2 Å². The Hall–Kier alpha value is -1.75. The molecule has 1 aliphatic heterocycles. The first kappa shape index (κ1) is 15.6. The molecule has 1 aromatic rings. The predicted molar refractivity (Wildman–Crippen MR) is 75.2 cm³/mol. The lowest BCUT2D eigenvalue weighted by atomic mass is 10.0. The second-order valence-corrected chi connectivity index (χ2v) is 6.97. The standard InChI is InChI=1S/C14H16N2O4S/c1-11(17)12-3-5-13(6-4-12)21(18,19)16(2)14(9-15)7-8-20-10-14/h3-6H,7-8,10H2,1-2H3/t14-/m1/s1. The van der Waals surface area contributed by atoms with Gasteiger partial charge in [0.2, 0.25) is 10.0 Å². The summed E-state index contributed by atoms with van der Waals surface area (Å²) in [7, 11) is -2.43. The second-order valence-electron chi connectivity index (χ2n) is 5.00. The molecule has 0 aromatic heterocycles. The maximum absolute atomic E-state index is 12.6. The summed E-state index contributed by atoms with van der Waals surface area (Å²) in [5.74, 6) is -0.134. The fourth-order valence-electron chi connectivity index (χ4n) is 2.21. The van der Waals surface area contributed by atoms with Gasteiger partial charge in [-0.05, 0) is 19.1 Å². The van der Waals surface area contributed by atoms with E-state index in [1.807, 2.05) is 0 Å². The smallest absolute Gasteiger partial charge is 0.244 e. The molecule has 0 bridgehead atoms. The molecular weight excluding hydrogens is 292 g/mol. The fraction of sp³-hybridized carbons (Fsp3) is 0.429. The normalized spacial score (nSPS) is 22.2. The molecule has 0 radical (unpaired) electrons. The van der Waals surface area contributed by atoms with Crippen molar-refractivity contribution in [1.29, 1.82) is 5.26 Å². The fourth-order valence-corrected chi connectivity index (χ4v) is 3.65. The Morgan fingerprint density at radius 1 is 1.38 bits per heavy atom. The first-order valence-corrected chi connectivity index (χ1v) is 7.86. The van der Waals surface area contributed by atoms with E-state index in [0.717, 1.165) is 4.31 Å². The van der Waals surface area contributed by atoms with Gasteiger partial charge in [-0.2, -0.15) is 9.57 Å². The lowest BCUT2D eigenvalue weighted by Gasteiger charge is -2.30. The minimum atomic E-state index is -3.82. The van der Waals surface area contributed by atoms with Crippen molar-refractivity contribution in [2.75, 3.05) is 20.3 Å². The monoisotopic (exact) mass is 308 g/mol. The molecule has 1 saturated heterocycles. The first-order chi connectivity index (χ1) is 9.83. The van der Waals surface area contributed by atoms with Crippen molar-refractivity contribution >= 4 is 15.8 Å². The number of ether oxygens (including phenoxy) is 1. The number of hydrogen-bond donors (Lipinski definition) is 0. The zero-order valence-corrected chi connectivity index (χ0v) is 12.7. The number of carbonyl (C=O) groups excluding carboxylic acids is 1. The summed E-state index contributed by atoms with van der Waals surface area (Å²) in [6.07, 6.45) is 0.338. The Labute approximate surface area is 124 Å². The average Bonchev–Trinajstić information content (AvgIpc) is 2.96. The Balaban J connectivity index is 2.37. The molecule has 1 atom stereocenters.